The predicted octanol–water partition coefficient (Wildman–Crippen LogP) is 0.463. The Balaban J connectivity index is 2.62. The van der Waals surface area contributed by atoms with Crippen LogP contribution in [-0.4, -0.2) is 90.3 Å². The Kier molecular flexibility index (Phi) is 8.46. The van der Waals surface area contributed by atoms with Crippen LogP contribution in [0.15, 0.2) is 0 Å². The van der Waals surface area contributed by atoms with Gasteiger partial charge in [-0.15, -0.1) is 0 Å². The van der Waals surface area contributed by atoms with E-state index in [1.807, 2.05) is 51.3 Å². The molecule has 0 amide bonds. The number of ether oxygens (including phenoxy) is 2. The summed E-state index contributed by atoms with van der Waals surface area (Å²) >= 11 is 0. The summed E-state index contributed by atoms with van der Waals surface area (Å²) in [5.41, 5.74) is -1.00. The molecule has 1 aliphatic heterocycles. The molecule has 0 aliphatic carbocycles. The largest absolute Gasteiger partial charge is 0.459 e. The van der Waals surface area contributed by atoms with Crippen LogP contribution in [0.25, 0.3) is 0 Å². The molecule has 26 heavy (non-hydrogen) atoms. The Morgan fingerprint density at radius 2 is 1.04 bits per heavy atom. The molecule has 0 atom stereocenters. The number of carbonyl (C=O) groups is 2. The van der Waals surface area contributed by atoms with Crippen molar-refractivity contribution in [1.82, 2.24) is 14.8 Å². The number of hydrogen-bond donors (Lipinski definition) is 1. The van der Waals surface area contributed by atoms with Crippen LogP contribution in [0.1, 0.15) is 41.5 Å². The highest BCUT2D eigenvalue weighted by Gasteiger charge is 2.23. The van der Waals surface area contributed by atoms with Gasteiger partial charge in [-0.2, -0.15) is 0 Å². The molecule has 1 heterocycles. The second-order valence-electron chi connectivity index (χ2n) is 8.76. The smallest absolute Gasteiger partial charge is 0.320 e. The SMILES string of the molecule is CC(C)(C)OC(=O)CN1CCN(N)CCN(CC(=O)OC(C)(C)C)CC1. The van der Waals surface area contributed by atoms with E-state index in [0.29, 0.717) is 39.3 Å². The molecule has 1 aliphatic rings. The van der Waals surface area contributed by atoms with Gasteiger partial charge in [0.05, 0.1) is 13.1 Å². The minimum atomic E-state index is -0.501. The van der Waals surface area contributed by atoms with Crippen molar-refractivity contribution < 1.29 is 19.1 Å². The van der Waals surface area contributed by atoms with E-state index in [1.54, 1.807) is 5.01 Å². The van der Waals surface area contributed by atoms with E-state index < -0.39 is 11.2 Å². The number of rotatable bonds is 4. The van der Waals surface area contributed by atoms with E-state index in [0.717, 1.165) is 0 Å². The Morgan fingerprint density at radius 1 is 0.731 bits per heavy atom. The first-order valence-electron chi connectivity index (χ1n) is 9.22. The van der Waals surface area contributed by atoms with Crippen LogP contribution in [0.5, 0.6) is 0 Å². The number of hydrazine groups is 1. The molecule has 8 nitrogen and oxygen atoms in total. The molecule has 1 fully saturated rings. The molecule has 152 valence electrons. The van der Waals surface area contributed by atoms with Crippen molar-refractivity contribution in [3.05, 3.63) is 0 Å². The number of nitrogens with two attached hydrogens (primary N) is 1. The fourth-order valence-corrected chi connectivity index (χ4v) is 2.59. The highest BCUT2D eigenvalue weighted by Crippen LogP contribution is 2.09. The Bertz CT molecular complexity index is 429. The second kappa shape index (κ2) is 9.64. The first-order valence-corrected chi connectivity index (χ1v) is 9.22. The average Bonchev–Trinajstić information content (AvgIpc) is 2.49. The van der Waals surface area contributed by atoms with Gasteiger partial charge in [-0.1, -0.05) is 0 Å². The van der Waals surface area contributed by atoms with Crippen molar-refractivity contribution in [2.24, 2.45) is 5.84 Å². The van der Waals surface area contributed by atoms with Crippen LogP contribution < -0.4 is 5.84 Å². The van der Waals surface area contributed by atoms with Crippen molar-refractivity contribution in [2.75, 3.05) is 52.4 Å². The third-order valence-corrected chi connectivity index (χ3v) is 3.68. The zero-order valence-electron chi connectivity index (χ0n) is 17.2. The summed E-state index contributed by atoms with van der Waals surface area (Å²) in [6.07, 6.45) is 0. The number of hydrogen-bond acceptors (Lipinski definition) is 8. The van der Waals surface area contributed by atoms with E-state index in [2.05, 4.69) is 0 Å². The lowest BCUT2D eigenvalue weighted by Crippen LogP contribution is -2.42. The maximum atomic E-state index is 12.1. The maximum absolute atomic E-state index is 12.1. The van der Waals surface area contributed by atoms with Crippen LogP contribution in [-0.2, 0) is 19.1 Å². The Morgan fingerprint density at radius 3 is 1.35 bits per heavy atom. The summed E-state index contributed by atoms with van der Waals surface area (Å²) in [5.74, 6) is 5.51. The average molecular weight is 373 g/mol. The number of carbonyl (C=O) groups excluding carboxylic acids is 2. The van der Waals surface area contributed by atoms with Gasteiger partial charge in [-0.3, -0.25) is 25.2 Å². The monoisotopic (exact) mass is 372 g/mol. The van der Waals surface area contributed by atoms with Gasteiger partial charge in [-0.25, -0.2) is 5.01 Å². The van der Waals surface area contributed by atoms with Gasteiger partial charge in [0, 0.05) is 39.3 Å². The third-order valence-electron chi connectivity index (χ3n) is 3.68. The van der Waals surface area contributed by atoms with Gasteiger partial charge in [-0.05, 0) is 41.5 Å². The predicted molar refractivity (Wildman–Crippen MR) is 100 cm³/mol. The fraction of sp³-hybridized carbons (Fsp3) is 0.889. The van der Waals surface area contributed by atoms with Gasteiger partial charge in [0.25, 0.3) is 0 Å². The molecule has 0 saturated carbocycles. The van der Waals surface area contributed by atoms with Crippen LogP contribution >= 0.6 is 0 Å². The first kappa shape index (κ1) is 22.8. The Labute approximate surface area is 157 Å². The molecule has 0 radical (unpaired) electrons. The van der Waals surface area contributed by atoms with Gasteiger partial charge in [0.15, 0.2) is 0 Å². The second-order valence-corrected chi connectivity index (χ2v) is 8.76. The van der Waals surface area contributed by atoms with Crippen molar-refractivity contribution in [3.63, 3.8) is 0 Å². The third kappa shape index (κ3) is 10.7. The molecular weight excluding hydrogens is 336 g/mol. The van der Waals surface area contributed by atoms with Crippen LogP contribution in [0.2, 0.25) is 0 Å². The molecule has 0 aromatic rings. The van der Waals surface area contributed by atoms with Gasteiger partial charge in [0.2, 0.25) is 0 Å². The fourth-order valence-electron chi connectivity index (χ4n) is 2.59. The quantitative estimate of drug-likeness (QED) is 0.563. The normalized spacial score (nSPS) is 19.3. The maximum Gasteiger partial charge on any atom is 0.320 e. The van der Waals surface area contributed by atoms with Gasteiger partial charge in [0.1, 0.15) is 11.2 Å². The van der Waals surface area contributed by atoms with Crippen molar-refractivity contribution in [2.45, 2.75) is 52.7 Å². The standard InChI is InChI=1S/C18H36N4O4/c1-17(2,3)25-15(23)13-20-7-8-21(10-12-22(19)11-9-20)14-16(24)26-18(4,5)6/h7-14,19H2,1-6H3. The molecule has 1 saturated heterocycles. The van der Waals surface area contributed by atoms with E-state index in [9.17, 15) is 9.59 Å². The van der Waals surface area contributed by atoms with Crippen molar-refractivity contribution in [3.8, 4) is 0 Å². The highest BCUT2D eigenvalue weighted by atomic mass is 16.6. The Hall–Kier alpha value is -1.22. The molecule has 0 aromatic heterocycles. The molecule has 0 unspecified atom stereocenters. The topological polar surface area (TPSA) is 88.3 Å². The van der Waals surface area contributed by atoms with E-state index in [1.165, 1.54) is 0 Å². The molecule has 0 aromatic carbocycles. The molecule has 8 heteroatoms. The minimum absolute atomic E-state index is 0.214. The lowest BCUT2D eigenvalue weighted by molar-refractivity contribution is -0.158. The van der Waals surface area contributed by atoms with Gasteiger partial charge >= 0.3 is 11.9 Å². The summed E-state index contributed by atoms with van der Waals surface area (Å²) in [4.78, 5) is 28.3. The van der Waals surface area contributed by atoms with Crippen molar-refractivity contribution >= 4 is 11.9 Å². The number of nitrogens with zero attached hydrogens (tertiary/aromatic N) is 3. The molecule has 0 bridgehead atoms. The molecular formula is C18H36N4O4. The zero-order valence-corrected chi connectivity index (χ0v) is 17.2. The summed E-state index contributed by atoms with van der Waals surface area (Å²) in [6, 6.07) is 0. The van der Waals surface area contributed by atoms with Crippen molar-refractivity contribution in [1.29, 1.82) is 0 Å². The number of esters is 2. The van der Waals surface area contributed by atoms with E-state index >= 15 is 0 Å². The van der Waals surface area contributed by atoms with Crippen LogP contribution in [0, 0.1) is 0 Å². The lowest BCUT2D eigenvalue weighted by Gasteiger charge is -2.27. The first-order chi connectivity index (χ1) is 11.8. The zero-order chi connectivity index (χ0) is 20.0. The van der Waals surface area contributed by atoms with E-state index in [-0.39, 0.29) is 25.0 Å². The summed E-state index contributed by atoms with van der Waals surface area (Å²) in [5, 5.41) is 1.72. The molecule has 2 N–H and O–H groups in total. The lowest BCUT2D eigenvalue weighted by atomic mass is 10.2. The highest BCUT2D eigenvalue weighted by molar-refractivity contribution is 5.72. The molecule has 0 spiro atoms. The van der Waals surface area contributed by atoms with E-state index in [4.69, 9.17) is 15.3 Å². The minimum Gasteiger partial charge on any atom is -0.459 e. The summed E-state index contributed by atoms with van der Waals surface area (Å²) in [6.45, 7) is 15.5. The van der Waals surface area contributed by atoms with Crippen LogP contribution in [0.3, 0.4) is 0 Å². The summed E-state index contributed by atoms with van der Waals surface area (Å²) < 4.78 is 10.8. The van der Waals surface area contributed by atoms with Gasteiger partial charge < -0.3 is 9.47 Å². The molecule has 1 rings (SSSR count). The van der Waals surface area contributed by atoms with Crippen LogP contribution in [0.4, 0.5) is 0 Å². The summed E-state index contributed by atoms with van der Waals surface area (Å²) in [7, 11) is 0.